The molecule has 9 heteroatoms. The smallest absolute Gasteiger partial charge is 0.262 e. The molecule has 2 fully saturated rings. The van der Waals surface area contributed by atoms with Crippen molar-refractivity contribution >= 4 is 28.5 Å². The van der Waals surface area contributed by atoms with E-state index < -0.39 is 0 Å². The van der Waals surface area contributed by atoms with Crippen LogP contribution in [0.3, 0.4) is 0 Å². The zero-order chi connectivity index (χ0) is 21.8. The number of nitrogens with zero attached hydrogens (tertiary/aromatic N) is 3. The van der Waals surface area contributed by atoms with Crippen molar-refractivity contribution in [1.29, 1.82) is 0 Å². The van der Waals surface area contributed by atoms with Crippen molar-refractivity contribution in [2.45, 2.75) is 38.3 Å². The summed E-state index contributed by atoms with van der Waals surface area (Å²) in [5.74, 6) is 1.12. The SMILES string of the molecule is C[C@@H](Oc1nc(-c2ccc3c(c2)NC(=O)CO3)cc2ncn(C3CC3)c12)[C@H]1CNC(=O)C1. The van der Waals surface area contributed by atoms with Gasteiger partial charge in [-0.1, -0.05) is 0 Å². The van der Waals surface area contributed by atoms with E-state index in [0.717, 1.165) is 29.4 Å². The number of hydrogen-bond acceptors (Lipinski definition) is 6. The van der Waals surface area contributed by atoms with E-state index in [0.29, 0.717) is 42.0 Å². The van der Waals surface area contributed by atoms with E-state index >= 15 is 0 Å². The number of nitrogens with one attached hydrogen (secondary N) is 2. The van der Waals surface area contributed by atoms with Crippen molar-refractivity contribution in [1.82, 2.24) is 19.9 Å². The summed E-state index contributed by atoms with van der Waals surface area (Å²) in [7, 11) is 0. The Bertz CT molecular complexity index is 1250. The number of hydrogen-bond donors (Lipinski definition) is 2. The van der Waals surface area contributed by atoms with Gasteiger partial charge in [-0.25, -0.2) is 9.97 Å². The summed E-state index contributed by atoms with van der Waals surface area (Å²) in [4.78, 5) is 32.9. The van der Waals surface area contributed by atoms with E-state index in [2.05, 4.69) is 20.2 Å². The van der Waals surface area contributed by atoms with Gasteiger partial charge in [0.05, 0.1) is 23.2 Å². The normalized spacial score (nSPS) is 21.0. The second-order valence-corrected chi connectivity index (χ2v) is 8.70. The predicted molar refractivity (Wildman–Crippen MR) is 117 cm³/mol. The largest absolute Gasteiger partial charge is 0.482 e. The van der Waals surface area contributed by atoms with Gasteiger partial charge in [0.1, 0.15) is 17.4 Å². The average molecular weight is 433 g/mol. The van der Waals surface area contributed by atoms with Crippen molar-refractivity contribution in [3.63, 3.8) is 0 Å². The minimum atomic E-state index is -0.182. The lowest BCUT2D eigenvalue weighted by molar-refractivity contribution is -0.120. The minimum absolute atomic E-state index is 0.0174. The van der Waals surface area contributed by atoms with E-state index in [1.807, 2.05) is 37.5 Å². The number of aromatic nitrogens is 3. The lowest BCUT2D eigenvalue weighted by atomic mass is 10.0. The van der Waals surface area contributed by atoms with Crippen LogP contribution in [0.1, 0.15) is 32.2 Å². The second-order valence-electron chi connectivity index (χ2n) is 8.70. The highest BCUT2D eigenvalue weighted by atomic mass is 16.5. The molecule has 2 aromatic heterocycles. The third-order valence-electron chi connectivity index (χ3n) is 6.34. The molecule has 1 aliphatic carbocycles. The van der Waals surface area contributed by atoms with Gasteiger partial charge in [-0.3, -0.25) is 9.59 Å². The molecule has 1 saturated carbocycles. The maximum Gasteiger partial charge on any atom is 0.262 e. The zero-order valence-electron chi connectivity index (χ0n) is 17.6. The van der Waals surface area contributed by atoms with Gasteiger partial charge < -0.3 is 24.7 Å². The van der Waals surface area contributed by atoms with Crippen LogP contribution in [0.15, 0.2) is 30.6 Å². The van der Waals surface area contributed by atoms with Crippen LogP contribution in [0.25, 0.3) is 22.3 Å². The molecule has 2 N–H and O–H groups in total. The number of anilines is 1. The molecule has 0 unspecified atom stereocenters. The Hall–Kier alpha value is -3.62. The molecule has 0 bridgehead atoms. The van der Waals surface area contributed by atoms with E-state index in [-0.39, 0.29) is 30.4 Å². The quantitative estimate of drug-likeness (QED) is 0.641. The summed E-state index contributed by atoms with van der Waals surface area (Å²) in [6, 6.07) is 7.97. The van der Waals surface area contributed by atoms with Gasteiger partial charge in [-0.15, -0.1) is 0 Å². The molecule has 0 radical (unpaired) electrons. The van der Waals surface area contributed by atoms with Gasteiger partial charge in [0.25, 0.3) is 5.91 Å². The molecule has 3 aromatic rings. The molecule has 2 aliphatic heterocycles. The van der Waals surface area contributed by atoms with Gasteiger partial charge >= 0.3 is 0 Å². The molecular formula is C23H23N5O4. The molecule has 9 nitrogen and oxygen atoms in total. The van der Waals surface area contributed by atoms with Crippen LogP contribution in [0.5, 0.6) is 11.6 Å². The first kappa shape index (κ1) is 19.1. The number of carbonyl (C=O) groups excluding carboxylic acids is 2. The maximum absolute atomic E-state index is 11.7. The molecule has 0 spiro atoms. The number of imidazole rings is 1. The van der Waals surface area contributed by atoms with Crippen LogP contribution in [0.4, 0.5) is 5.69 Å². The Morgan fingerprint density at radius 2 is 2.09 bits per heavy atom. The lowest BCUT2D eigenvalue weighted by Gasteiger charge is -2.21. The molecule has 164 valence electrons. The second kappa shape index (κ2) is 7.22. The van der Waals surface area contributed by atoms with Crippen molar-refractivity contribution < 1.29 is 19.1 Å². The van der Waals surface area contributed by atoms with Crippen molar-refractivity contribution in [2.24, 2.45) is 5.92 Å². The van der Waals surface area contributed by atoms with Crippen molar-refractivity contribution in [3.05, 3.63) is 30.6 Å². The van der Waals surface area contributed by atoms with Gasteiger partial charge in [0.15, 0.2) is 6.61 Å². The van der Waals surface area contributed by atoms with Crippen LogP contribution < -0.4 is 20.1 Å². The molecule has 2 atom stereocenters. The van der Waals surface area contributed by atoms with E-state index in [1.165, 1.54) is 0 Å². The Kier molecular flexibility index (Phi) is 4.31. The van der Waals surface area contributed by atoms with Gasteiger partial charge in [0, 0.05) is 30.5 Å². The van der Waals surface area contributed by atoms with Crippen LogP contribution >= 0.6 is 0 Å². The summed E-state index contributed by atoms with van der Waals surface area (Å²) >= 11 is 0. The number of benzene rings is 1. The summed E-state index contributed by atoms with van der Waals surface area (Å²) in [5.41, 5.74) is 3.84. The molecule has 6 rings (SSSR count). The fourth-order valence-electron chi connectivity index (χ4n) is 4.36. The highest BCUT2D eigenvalue weighted by Crippen LogP contribution is 2.41. The van der Waals surface area contributed by atoms with Crippen LogP contribution in [0, 0.1) is 5.92 Å². The maximum atomic E-state index is 11.7. The molecule has 1 saturated heterocycles. The first-order valence-electron chi connectivity index (χ1n) is 10.9. The summed E-state index contributed by atoms with van der Waals surface area (Å²) in [6.45, 7) is 2.60. The topological polar surface area (TPSA) is 107 Å². The van der Waals surface area contributed by atoms with Gasteiger partial charge in [0.2, 0.25) is 11.8 Å². The number of ether oxygens (including phenoxy) is 2. The van der Waals surface area contributed by atoms with Gasteiger partial charge in [-0.2, -0.15) is 0 Å². The molecule has 2 amide bonds. The Labute approximate surface area is 184 Å². The number of fused-ring (bicyclic) bond motifs is 2. The number of carbonyl (C=O) groups is 2. The van der Waals surface area contributed by atoms with Crippen molar-refractivity contribution in [2.75, 3.05) is 18.5 Å². The van der Waals surface area contributed by atoms with Crippen LogP contribution in [-0.2, 0) is 9.59 Å². The first-order valence-corrected chi connectivity index (χ1v) is 10.9. The standard InChI is InChI=1S/C23H23N5O4/c1-12(14-7-20(29)24-9-14)32-23-22-18(25-11-28(22)15-3-4-15)8-16(27-23)13-2-5-19-17(6-13)26-21(30)10-31-19/h2,5-6,8,11-12,14-15H,3-4,7,9-10H2,1H3,(H,24,29)(H,26,30)/t12-,14-/m1/s1. The van der Waals surface area contributed by atoms with E-state index in [4.69, 9.17) is 14.5 Å². The monoisotopic (exact) mass is 433 g/mol. The molecular weight excluding hydrogens is 410 g/mol. The van der Waals surface area contributed by atoms with Crippen LogP contribution in [0.2, 0.25) is 0 Å². The summed E-state index contributed by atoms with van der Waals surface area (Å²) in [6.07, 6.45) is 4.36. The Balaban J connectivity index is 1.41. The first-order chi connectivity index (χ1) is 15.5. The Morgan fingerprint density at radius 3 is 2.88 bits per heavy atom. The van der Waals surface area contributed by atoms with E-state index in [9.17, 15) is 9.59 Å². The number of rotatable bonds is 5. The fourth-order valence-corrected chi connectivity index (χ4v) is 4.36. The molecule has 3 aliphatic rings. The number of pyridine rings is 1. The average Bonchev–Trinajstić information content (AvgIpc) is 3.38. The molecule has 32 heavy (non-hydrogen) atoms. The van der Waals surface area contributed by atoms with Gasteiger partial charge in [-0.05, 0) is 44.0 Å². The minimum Gasteiger partial charge on any atom is -0.482 e. The third kappa shape index (κ3) is 3.34. The van der Waals surface area contributed by atoms with E-state index in [1.54, 1.807) is 0 Å². The highest BCUT2D eigenvalue weighted by molar-refractivity contribution is 5.96. The van der Waals surface area contributed by atoms with Crippen LogP contribution in [-0.4, -0.2) is 45.6 Å². The predicted octanol–water partition coefficient (Wildman–Crippen LogP) is 2.67. The summed E-state index contributed by atoms with van der Waals surface area (Å²) < 4.78 is 14.0. The number of amides is 2. The lowest BCUT2D eigenvalue weighted by Crippen LogP contribution is -2.26. The van der Waals surface area contributed by atoms with Crippen molar-refractivity contribution in [3.8, 4) is 22.9 Å². The third-order valence-corrected chi connectivity index (χ3v) is 6.34. The fraction of sp³-hybridized carbons (Fsp3) is 0.391. The Morgan fingerprint density at radius 1 is 1.22 bits per heavy atom. The zero-order valence-corrected chi connectivity index (χ0v) is 17.6. The summed E-state index contributed by atoms with van der Waals surface area (Å²) in [5, 5.41) is 5.72. The molecule has 4 heterocycles. The molecule has 1 aromatic carbocycles. The highest BCUT2D eigenvalue weighted by Gasteiger charge is 2.31.